The first-order valence-corrected chi connectivity index (χ1v) is 3.54. The average molecular weight is 182 g/mol. The first kappa shape index (κ1) is 7.91. The van der Waals surface area contributed by atoms with Crippen LogP contribution in [0.25, 0.3) is 11.0 Å². The van der Waals surface area contributed by atoms with Crippen molar-refractivity contribution in [2.24, 2.45) is 0 Å². The SMILES string of the molecule is O=Cc1c(F)cc(F)c2ccoc12. The fourth-order valence-electron chi connectivity index (χ4n) is 1.19. The average Bonchev–Trinajstić information content (AvgIpc) is 2.53. The lowest BCUT2D eigenvalue weighted by atomic mass is 10.1. The van der Waals surface area contributed by atoms with E-state index in [1.807, 2.05) is 0 Å². The van der Waals surface area contributed by atoms with Crippen molar-refractivity contribution in [3.8, 4) is 0 Å². The van der Waals surface area contributed by atoms with Crippen LogP contribution in [0.1, 0.15) is 10.4 Å². The van der Waals surface area contributed by atoms with E-state index in [0.717, 1.165) is 0 Å². The quantitative estimate of drug-likeness (QED) is 0.634. The summed E-state index contributed by atoms with van der Waals surface area (Å²) in [4.78, 5) is 10.4. The standard InChI is InChI=1S/C9H4F2O2/c10-7-3-8(11)6(4-12)9-5(7)1-2-13-9/h1-4H. The summed E-state index contributed by atoms with van der Waals surface area (Å²) < 4.78 is 30.7. The Bertz CT molecular complexity index is 474. The van der Waals surface area contributed by atoms with Crippen molar-refractivity contribution in [3.63, 3.8) is 0 Å². The topological polar surface area (TPSA) is 30.2 Å². The predicted octanol–water partition coefficient (Wildman–Crippen LogP) is 2.52. The van der Waals surface area contributed by atoms with E-state index in [0.29, 0.717) is 12.4 Å². The summed E-state index contributed by atoms with van der Waals surface area (Å²) in [6.45, 7) is 0. The number of carbonyl (C=O) groups excluding carboxylic acids is 1. The molecule has 0 aliphatic rings. The van der Waals surface area contributed by atoms with Crippen molar-refractivity contribution in [1.29, 1.82) is 0 Å². The summed E-state index contributed by atoms with van der Waals surface area (Å²) in [5, 5.41) is 0.114. The van der Waals surface area contributed by atoms with Gasteiger partial charge in [0, 0.05) is 6.07 Å². The van der Waals surface area contributed by atoms with Crippen molar-refractivity contribution in [3.05, 3.63) is 35.6 Å². The molecular formula is C9H4F2O2. The van der Waals surface area contributed by atoms with Crippen molar-refractivity contribution < 1.29 is 18.0 Å². The van der Waals surface area contributed by atoms with Crippen molar-refractivity contribution in [1.82, 2.24) is 0 Å². The van der Waals surface area contributed by atoms with Crippen LogP contribution in [0.5, 0.6) is 0 Å². The fourth-order valence-corrected chi connectivity index (χ4v) is 1.19. The predicted molar refractivity (Wildman–Crippen MR) is 41.5 cm³/mol. The summed E-state index contributed by atoms with van der Waals surface area (Å²) in [5.74, 6) is -1.64. The highest BCUT2D eigenvalue weighted by Crippen LogP contribution is 2.24. The normalized spacial score (nSPS) is 10.6. The maximum Gasteiger partial charge on any atom is 0.156 e. The Balaban J connectivity index is 2.96. The van der Waals surface area contributed by atoms with E-state index in [-0.39, 0.29) is 16.5 Å². The molecule has 0 amide bonds. The number of benzene rings is 1. The molecule has 4 heteroatoms. The second kappa shape index (κ2) is 2.65. The van der Waals surface area contributed by atoms with Gasteiger partial charge in [0.25, 0.3) is 0 Å². The minimum Gasteiger partial charge on any atom is -0.463 e. The molecule has 2 nitrogen and oxygen atoms in total. The van der Waals surface area contributed by atoms with Gasteiger partial charge < -0.3 is 4.42 Å². The monoisotopic (exact) mass is 182 g/mol. The van der Waals surface area contributed by atoms with Crippen molar-refractivity contribution in [2.45, 2.75) is 0 Å². The minimum atomic E-state index is -0.907. The molecular weight excluding hydrogens is 178 g/mol. The Morgan fingerprint density at radius 2 is 2.08 bits per heavy atom. The van der Waals surface area contributed by atoms with E-state index in [1.165, 1.54) is 12.3 Å². The molecule has 1 aromatic carbocycles. The highest BCUT2D eigenvalue weighted by atomic mass is 19.1. The van der Waals surface area contributed by atoms with Crippen LogP contribution in [0.2, 0.25) is 0 Å². The first-order valence-electron chi connectivity index (χ1n) is 3.54. The highest BCUT2D eigenvalue weighted by Gasteiger charge is 2.13. The molecule has 0 bridgehead atoms. The Morgan fingerprint density at radius 1 is 1.31 bits per heavy atom. The molecule has 0 saturated carbocycles. The van der Waals surface area contributed by atoms with Gasteiger partial charge in [-0.25, -0.2) is 8.78 Å². The molecule has 0 aliphatic heterocycles. The zero-order valence-electron chi connectivity index (χ0n) is 6.38. The van der Waals surface area contributed by atoms with Crippen LogP contribution < -0.4 is 0 Å². The molecule has 66 valence electrons. The van der Waals surface area contributed by atoms with Crippen LogP contribution in [-0.4, -0.2) is 6.29 Å². The maximum atomic E-state index is 13.0. The van der Waals surface area contributed by atoms with Gasteiger partial charge in [0.05, 0.1) is 17.2 Å². The third-order valence-corrected chi connectivity index (χ3v) is 1.80. The van der Waals surface area contributed by atoms with Crippen LogP contribution in [0.15, 0.2) is 22.8 Å². The van der Waals surface area contributed by atoms with Gasteiger partial charge in [-0.05, 0) is 6.07 Å². The van der Waals surface area contributed by atoms with Crippen LogP contribution in [0, 0.1) is 11.6 Å². The van der Waals surface area contributed by atoms with Gasteiger partial charge in [0.1, 0.15) is 17.2 Å². The van der Waals surface area contributed by atoms with Gasteiger partial charge in [0.15, 0.2) is 6.29 Å². The summed E-state index contributed by atoms with van der Waals surface area (Å²) >= 11 is 0. The molecule has 0 saturated heterocycles. The molecule has 0 atom stereocenters. The molecule has 1 aromatic heterocycles. The highest BCUT2D eigenvalue weighted by molar-refractivity contribution is 5.95. The van der Waals surface area contributed by atoms with Crippen LogP contribution in [-0.2, 0) is 0 Å². The van der Waals surface area contributed by atoms with Gasteiger partial charge in [-0.15, -0.1) is 0 Å². The van der Waals surface area contributed by atoms with Crippen LogP contribution in [0.4, 0.5) is 8.78 Å². The number of aldehydes is 1. The summed E-state index contributed by atoms with van der Waals surface area (Å²) in [7, 11) is 0. The Hall–Kier alpha value is -1.71. The van der Waals surface area contributed by atoms with E-state index >= 15 is 0 Å². The van der Waals surface area contributed by atoms with Gasteiger partial charge in [-0.3, -0.25) is 4.79 Å². The van der Waals surface area contributed by atoms with Gasteiger partial charge >= 0.3 is 0 Å². The second-order valence-corrected chi connectivity index (χ2v) is 2.54. The lowest BCUT2D eigenvalue weighted by Gasteiger charge is -1.96. The summed E-state index contributed by atoms with van der Waals surface area (Å²) in [6, 6.07) is 2.01. The molecule has 0 unspecified atom stereocenters. The smallest absolute Gasteiger partial charge is 0.156 e. The second-order valence-electron chi connectivity index (χ2n) is 2.54. The number of fused-ring (bicyclic) bond motifs is 1. The maximum absolute atomic E-state index is 13.0. The molecule has 0 fully saturated rings. The zero-order valence-corrected chi connectivity index (χ0v) is 6.38. The number of rotatable bonds is 1. The Kier molecular flexibility index (Phi) is 1.62. The largest absolute Gasteiger partial charge is 0.463 e. The number of carbonyl (C=O) groups is 1. The third-order valence-electron chi connectivity index (χ3n) is 1.80. The molecule has 2 aromatic rings. The van der Waals surface area contributed by atoms with Gasteiger partial charge in [-0.2, -0.15) is 0 Å². The molecule has 0 N–H and O–H groups in total. The number of halogens is 2. The van der Waals surface area contributed by atoms with Gasteiger partial charge in [-0.1, -0.05) is 0 Å². The van der Waals surface area contributed by atoms with E-state index in [2.05, 4.69) is 0 Å². The van der Waals surface area contributed by atoms with Gasteiger partial charge in [0.2, 0.25) is 0 Å². The van der Waals surface area contributed by atoms with Crippen LogP contribution in [0.3, 0.4) is 0 Å². The molecule has 1 heterocycles. The van der Waals surface area contributed by atoms with E-state index in [9.17, 15) is 13.6 Å². The summed E-state index contributed by atoms with van der Waals surface area (Å²) in [6.07, 6.45) is 1.51. The molecule has 0 aliphatic carbocycles. The van der Waals surface area contributed by atoms with Crippen LogP contribution >= 0.6 is 0 Å². The first-order chi connectivity index (χ1) is 6.24. The van der Waals surface area contributed by atoms with E-state index < -0.39 is 11.6 Å². The van der Waals surface area contributed by atoms with Crippen molar-refractivity contribution in [2.75, 3.05) is 0 Å². The Labute approximate surface area is 71.8 Å². The molecule has 13 heavy (non-hydrogen) atoms. The Morgan fingerprint density at radius 3 is 2.77 bits per heavy atom. The molecule has 0 radical (unpaired) electrons. The third kappa shape index (κ3) is 1.02. The lowest BCUT2D eigenvalue weighted by molar-refractivity contribution is 0.112. The number of hydrogen-bond acceptors (Lipinski definition) is 2. The summed E-state index contributed by atoms with van der Waals surface area (Å²) in [5.41, 5.74) is -0.297. The minimum absolute atomic E-state index is 0.0486. The molecule has 0 spiro atoms. The zero-order chi connectivity index (χ0) is 9.42. The number of furan rings is 1. The lowest BCUT2D eigenvalue weighted by Crippen LogP contribution is -1.90. The fraction of sp³-hybridized carbons (Fsp3) is 0. The van der Waals surface area contributed by atoms with Crippen molar-refractivity contribution >= 4 is 17.3 Å². The number of hydrogen-bond donors (Lipinski definition) is 0. The molecule has 2 rings (SSSR count). The van der Waals surface area contributed by atoms with E-state index in [4.69, 9.17) is 4.42 Å². The van der Waals surface area contributed by atoms with E-state index in [1.54, 1.807) is 0 Å².